The summed E-state index contributed by atoms with van der Waals surface area (Å²) < 4.78 is 2.62. The van der Waals surface area contributed by atoms with Crippen LogP contribution in [0.2, 0.25) is 26.8 Å². The van der Waals surface area contributed by atoms with Crippen molar-refractivity contribution < 1.29 is 0 Å². The molecule has 0 heterocycles. The third-order valence-corrected chi connectivity index (χ3v) is 19.7. The van der Waals surface area contributed by atoms with Crippen molar-refractivity contribution >= 4 is 80.6 Å². The molecule has 0 amide bonds. The van der Waals surface area contributed by atoms with Gasteiger partial charge in [-0.25, -0.2) is 0 Å². The van der Waals surface area contributed by atoms with Gasteiger partial charge in [0.15, 0.2) is 0 Å². The Kier molecular flexibility index (Phi) is 19.1. The van der Waals surface area contributed by atoms with Crippen LogP contribution in [0.5, 0.6) is 0 Å². The minimum atomic E-state index is -0.545. The Bertz CT molecular complexity index is 1100. The van der Waals surface area contributed by atoms with Gasteiger partial charge in [0, 0.05) is 0 Å². The van der Waals surface area contributed by atoms with Gasteiger partial charge in [-0.1, -0.05) is 155 Å². The molecule has 0 saturated heterocycles. The number of rotatable bonds is 4. The Hall–Kier alpha value is -1.09. The van der Waals surface area contributed by atoms with Crippen LogP contribution >= 0.6 is 0 Å². The molecular weight excluding hydrogens is 798 g/mol. The molecule has 0 saturated carbocycles. The molecular formula is C42H62Si2Sn2. The van der Waals surface area contributed by atoms with Crippen molar-refractivity contribution in [1.29, 1.82) is 0 Å². The first-order valence-electron chi connectivity index (χ1n) is 16.6. The van der Waals surface area contributed by atoms with Crippen LogP contribution in [-0.4, -0.2) is 59.9 Å². The largest absolute Gasteiger partial charge is 0.118 e. The molecule has 0 spiro atoms. The first-order chi connectivity index (χ1) is 21.2. The van der Waals surface area contributed by atoms with E-state index in [4.69, 9.17) is 0 Å². The summed E-state index contributed by atoms with van der Waals surface area (Å²) in [5.41, 5.74) is 0. The molecule has 0 aliphatic heterocycles. The maximum Gasteiger partial charge on any atom is 0.118 e. The summed E-state index contributed by atoms with van der Waals surface area (Å²) >= 11 is -0.363. The van der Waals surface area contributed by atoms with Gasteiger partial charge in [0.2, 0.25) is 0 Å². The Balaban J connectivity index is 0.000000315. The zero-order valence-corrected chi connectivity index (χ0v) is 39.3. The van der Waals surface area contributed by atoms with Crippen LogP contribution in [0.3, 0.4) is 0 Å². The van der Waals surface area contributed by atoms with Gasteiger partial charge in [0.25, 0.3) is 0 Å². The molecule has 4 aromatic rings. The van der Waals surface area contributed by atoms with E-state index in [2.05, 4.69) is 218 Å². The minimum Gasteiger partial charge on any atom is -0.0628 e. The second-order valence-electron chi connectivity index (χ2n) is 16.0. The maximum absolute atomic E-state index is 2.37. The molecule has 0 N–H and O–H groups in total. The molecule has 0 nitrogen and oxygen atoms in total. The van der Waals surface area contributed by atoms with Gasteiger partial charge in [0.05, 0.1) is 0 Å². The predicted molar refractivity (Wildman–Crippen MR) is 218 cm³/mol. The van der Waals surface area contributed by atoms with Crippen LogP contribution in [0.25, 0.3) is 0 Å². The van der Waals surface area contributed by atoms with E-state index in [1.807, 2.05) is 0 Å². The van der Waals surface area contributed by atoms with Gasteiger partial charge >= 0.3 is 139 Å². The second kappa shape index (κ2) is 20.4. The van der Waals surface area contributed by atoms with E-state index in [0.29, 0.717) is 13.7 Å². The average molecular weight is 861 g/mol. The third kappa shape index (κ3) is 21.7. The standard InChI is InChI=1S/2C13H13Si.4C4H9.2Sn/c2*1-14(12-8-4-2-5-9-12)13-10-6-3-7-11-13;4*1-4(2)3;;/h2*2-11H,1H3;4*1-3H3;;. The Morgan fingerprint density at radius 3 is 0.565 bits per heavy atom. The quantitative estimate of drug-likeness (QED) is 0.180. The molecule has 46 heavy (non-hydrogen) atoms. The van der Waals surface area contributed by atoms with Gasteiger partial charge in [-0.2, -0.15) is 0 Å². The molecule has 0 aliphatic carbocycles. The molecule has 0 bridgehead atoms. The van der Waals surface area contributed by atoms with Crippen molar-refractivity contribution in [2.24, 2.45) is 0 Å². The molecule has 4 aromatic carbocycles. The second-order valence-corrected chi connectivity index (χ2v) is 39.3. The molecule has 0 unspecified atom stereocenters. The Morgan fingerprint density at radius 2 is 0.457 bits per heavy atom. The van der Waals surface area contributed by atoms with Crippen molar-refractivity contribution in [2.45, 2.75) is 110 Å². The van der Waals surface area contributed by atoms with Gasteiger partial charge in [0.1, 0.15) is 17.6 Å². The van der Waals surface area contributed by atoms with Crippen molar-refractivity contribution in [3.05, 3.63) is 121 Å². The normalized spacial score (nSPS) is 11.8. The van der Waals surface area contributed by atoms with Gasteiger partial charge < -0.3 is 0 Å². The van der Waals surface area contributed by atoms with Crippen molar-refractivity contribution in [3.8, 4) is 0 Å². The van der Waals surface area contributed by atoms with E-state index < -0.39 is 17.6 Å². The number of benzene rings is 4. The molecule has 0 fully saturated rings. The van der Waals surface area contributed by atoms with Gasteiger partial charge in [-0.05, 0) is 0 Å². The summed E-state index contributed by atoms with van der Waals surface area (Å²) in [5, 5.41) is 5.90. The first kappa shape index (κ1) is 42.9. The summed E-state index contributed by atoms with van der Waals surface area (Å²) in [6.45, 7) is 33.1. The van der Waals surface area contributed by atoms with E-state index in [0.717, 1.165) is 0 Å². The molecule has 4 rings (SSSR count). The topological polar surface area (TPSA) is 0 Å². The fraction of sp³-hybridized carbons (Fsp3) is 0.429. The van der Waals surface area contributed by atoms with Crippen LogP contribution in [-0.2, 0) is 0 Å². The molecule has 0 aliphatic rings. The summed E-state index contributed by atoms with van der Waals surface area (Å²) in [7, 11) is -1.09. The zero-order chi connectivity index (χ0) is 35.0. The third-order valence-electron chi connectivity index (χ3n) is 6.33. The minimum absolute atomic E-state index is 0.182. The predicted octanol–water partition coefficient (Wildman–Crippen LogP) is 10.1. The van der Waals surface area contributed by atoms with E-state index >= 15 is 0 Å². The Labute approximate surface area is 309 Å². The molecule has 4 heteroatoms. The smallest absolute Gasteiger partial charge is 0.0628 e. The van der Waals surface area contributed by atoms with Crippen LogP contribution in [0.15, 0.2) is 121 Å². The Morgan fingerprint density at radius 1 is 0.304 bits per heavy atom. The number of hydrogen-bond acceptors (Lipinski definition) is 0. The monoisotopic (exact) mass is 862 g/mol. The van der Waals surface area contributed by atoms with Crippen molar-refractivity contribution in [3.63, 3.8) is 0 Å². The SMILES string of the molecule is C[C](C)(C)[Sn][C](C)(C)C.C[C](C)(C)[Sn][C](C)(C)C.C[Si](c1ccccc1)c1ccccc1.C[Si](c1ccccc1)c1ccccc1. The van der Waals surface area contributed by atoms with Gasteiger partial charge in [-0.15, -0.1) is 0 Å². The van der Waals surface area contributed by atoms with Crippen molar-refractivity contribution in [1.82, 2.24) is 0 Å². The summed E-state index contributed by atoms with van der Waals surface area (Å²) in [4.78, 5) is 0. The van der Waals surface area contributed by atoms with Crippen LogP contribution < -0.4 is 20.7 Å². The van der Waals surface area contributed by atoms with E-state index in [-0.39, 0.29) is 42.3 Å². The van der Waals surface area contributed by atoms with E-state index in [1.54, 1.807) is 0 Å². The van der Waals surface area contributed by atoms with E-state index in [9.17, 15) is 0 Å². The fourth-order valence-electron chi connectivity index (χ4n) is 5.34. The first-order valence-corrected chi connectivity index (χ1v) is 26.4. The molecule has 0 aromatic heterocycles. The summed E-state index contributed by atoms with van der Waals surface area (Å²) in [6.07, 6.45) is 0. The van der Waals surface area contributed by atoms with Crippen LogP contribution in [0, 0.1) is 0 Å². The number of hydrogen-bond donors (Lipinski definition) is 0. The zero-order valence-electron chi connectivity index (χ0n) is 31.5. The summed E-state index contributed by atoms with van der Waals surface area (Å²) in [5.74, 6) is 0. The molecule has 246 valence electrons. The summed E-state index contributed by atoms with van der Waals surface area (Å²) in [6, 6.07) is 43.0. The van der Waals surface area contributed by atoms with E-state index in [1.165, 1.54) is 20.7 Å². The average Bonchev–Trinajstić information content (AvgIpc) is 2.95. The van der Waals surface area contributed by atoms with Crippen LogP contribution in [0.1, 0.15) is 83.1 Å². The molecule has 0 atom stereocenters. The fourth-order valence-corrected chi connectivity index (χ4v) is 21.6. The molecule has 6 radical (unpaired) electrons. The van der Waals surface area contributed by atoms with Crippen molar-refractivity contribution in [2.75, 3.05) is 0 Å². The maximum atomic E-state index is 2.37. The van der Waals surface area contributed by atoms with Crippen LogP contribution in [0.4, 0.5) is 0 Å². The van der Waals surface area contributed by atoms with Gasteiger partial charge in [-0.3, -0.25) is 0 Å².